The molecule has 1 N–H and O–H groups in total. The molecule has 3 aromatic heterocycles. The van der Waals surface area contributed by atoms with E-state index in [4.69, 9.17) is 0 Å². The number of nitrogens with one attached hydrogen (secondary N) is 1. The topological polar surface area (TPSA) is 91.1 Å². The highest BCUT2D eigenvalue weighted by atomic mass is 19.4. The van der Waals surface area contributed by atoms with Crippen molar-refractivity contribution in [3.05, 3.63) is 30.4 Å². The molecule has 0 radical (unpaired) electrons. The summed E-state index contributed by atoms with van der Waals surface area (Å²) in [4.78, 5) is 12.9. The fourth-order valence-electron chi connectivity index (χ4n) is 3.58. The summed E-state index contributed by atoms with van der Waals surface area (Å²) in [6.45, 7) is 3.20. The molecule has 1 aromatic carbocycles. The lowest BCUT2D eigenvalue weighted by Gasteiger charge is -2.33. The second-order valence-corrected chi connectivity index (χ2v) is 6.97. The van der Waals surface area contributed by atoms with Gasteiger partial charge in [0.25, 0.3) is 0 Å². The van der Waals surface area contributed by atoms with E-state index in [0.717, 1.165) is 32.2 Å². The van der Waals surface area contributed by atoms with Gasteiger partial charge >= 0.3 is 6.18 Å². The highest BCUT2D eigenvalue weighted by Gasteiger charge is 2.35. The van der Waals surface area contributed by atoms with Crippen LogP contribution in [0.3, 0.4) is 0 Å². The van der Waals surface area contributed by atoms with Gasteiger partial charge in [0.05, 0.1) is 16.6 Å². The molecule has 0 bridgehead atoms. The number of H-pyrrole nitrogens is 1. The number of aromatic amines is 1. The van der Waals surface area contributed by atoms with Gasteiger partial charge in [-0.25, -0.2) is 9.97 Å². The lowest BCUT2D eigenvalue weighted by atomic mass is 10.0. The van der Waals surface area contributed by atoms with E-state index in [9.17, 15) is 13.2 Å². The third-order valence-corrected chi connectivity index (χ3v) is 5.13. The van der Waals surface area contributed by atoms with Gasteiger partial charge in [0.1, 0.15) is 12.7 Å². The molecule has 0 spiro atoms. The van der Waals surface area contributed by atoms with Crippen molar-refractivity contribution in [1.29, 1.82) is 0 Å². The summed E-state index contributed by atoms with van der Waals surface area (Å²) in [5, 5.41) is 14.2. The normalized spacial score (nSPS) is 16.2. The summed E-state index contributed by atoms with van der Waals surface area (Å²) in [6.07, 6.45) is -1.99. The van der Waals surface area contributed by atoms with Gasteiger partial charge in [-0.3, -0.25) is 9.50 Å². The standard InChI is InChI=1S/C17H16F3N9/c1-27-2-4-28(5-3-27)15-16-26-23-9-29(16)13-7-11(17(18,19)20)10(6-12(13)24-15)14-21-8-22-25-14/h6-9H,2-5H2,1H3,(H,21,22,25). The first-order chi connectivity index (χ1) is 13.9. The summed E-state index contributed by atoms with van der Waals surface area (Å²) < 4.78 is 42.8. The highest BCUT2D eigenvalue weighted by Crippen LogP contribution is 2.38. The molecule has 1 aliphatic heterocycles. The van der Waals surface area contributed by atoms with Gasteiger partial charge in [-0.2, -0.15) is 18.3 Å². The average molecular weight is 403 g/mol. The van der Waals surface area contributed by atoms with E-state index in [1.807, 2.05) is 7.05 Å². The van der Waals surface area contributed by atoms with Gasteiger partial charge < -0.3 is 9.80 Å². The van der Waals surface area contributed by atoms with E-state index in [1.165, 1.54) is 18.7 Å². The molecular weight excluding hydrogens is 387 g/mol. The van der Waals surface area contributed by atoms with Gasteiger partial charge in [0, 0.05) is 31.7 Å². The van der Waals surface area contributed by atoms with Crippen molar-refractivity contribution < 1.29 is 13.2 Å². The van der Waals surface area contributed by atoms with Crippen molar-refractivity contribution in [1.82, 2.24) is 39.7 Å². The van der Waals surface area contributed by atoms with Crippen molar-refractivity contribution in [3.63, 3.8) is 0 Å². The maximum atomic E-state index is 13.8. The van der Waals surface area contributed by atoms with Crippen LogP contribution in [0.5, 0.6) is 0 Å². The molecule has 0 amide bonds. The maximum Gasteiger partial charge on any atom is 0.417 e. The summed E-state index contributed by atoms with van der Waals surface area (Å²) in [5.74, 6) is 0.636. The Morgan fingerprint density at radius 1 is 1.10 bits per heavy atom. The summed E-state index contributed by atoms with van der Waals surface area (Å²) in [5.41, 5.74) is 0.171. The number of aromatic nitrogens is 7. The quantitative estimate of drug-likeness (QED) is 0.546. The average Bonchev–Trinajstić information content (AvgIpc) is 3.38. The van der Waals surface area contributed by atoms with Gasteiger partial charge in [0.2, 0.25) is 5.65 Å². The van der Waals surface area contributed by atoms with Gasteiger partial charge in [-0.05, 0) is 19.2 Å². The molecule has 0 unspecified atom stereocenters. The molecule has 5 rings (SSSR count). The lowest BCUT2D eigenvalue weighted by molar-refractivity contribution is -0.137. The van der Waals surface area contributed by atoms with Crippen LogP contribution in [-0.2, 0) is 6.18 Å². The van der Waals surface area contributed by atoms with Crippen molar-refractivity contribution in [3.8, 4) is 11.4 Å². The predicted molar refractivity (Wildman–Crippen MR) is 98.4 cm³/mol. The Hall–Kier alpha value is -3.28. The van der Waals surface area contributed by atoms with Crippen LogP contribution < -0.4 is 4.90 Å². The number of fused-ring (bicyclic) bond motifs is 3. The smallest absolute Gasteiger partial charge is 0.351 e. The summed E-state index contributed by atoms with van der Waals surface area (Å²) in [7, 11) is 2.04. The Labute approximate surface area is 162 Å². The predicted octanol–water partition coefficient (Wildman–Crippen LogP) is 1.83. The largest absolute Gasteiger partial charge is 0.417 e. The van der Waals surface area contributed by atoms with Crippen molar-refractivity contribution in [2.45, 2.75) is 6.18 Å². The number of piperazine rings is 1. The molecule has 29 heavy (non-hydrogen) atoms. The van der Waals surface area contributed by atoms with Gasteiger partial charge in [0.15, 0.2) is 11.6 Å². The molecular formula is C17H16F3N9. The Balaban J connectivity index is 1.77. The zero-order valence-electron chi connectivity index (χ0n) is 15.3. The molecule has 0 saturated carbocycles. The van der Waals surface area contributed by atoms with E-state index >= 15 is 0 Å². The first-order valence-corrected chi connectivity index (χ1v) is 8.96. The fraction of sp³-hybridized carbons (Fsp3) is 0.353. The number of hydrogen-bond donors (Lipinski definition) is 1. The SMILES string of the molecule is CN1CCN(c2nc3cc(-c4ncn[nH]4)c(C(F)(F)F)cc3n3cnnc23)CC1. The van der Waals surface area contributed by atoms with Crippen molar-refractivity contribution in [2.24, 2.45) is 0 Å². The maximum absolute atomic E-state index is 13.8. The van der Waals surface area contributed by atoms with Crippen LogP contribution in [0.4, 0.5) is 19.0 Å². The zero-order chi connectivity index (χ0) is 20.2. The van der Waals surface area contributed by atoms with Crippen LogP contribution in [0.25, 0.3) is 28.1 Å². The lowest BCUT2D eigenvalue weighted by Crippen LogP contribution is -2.45. The van der Waals surface area contributed by atoms with E-state index in [-0.39, 0.29) is 16.9 Å². The second-order valence-electron chi connectivity index (χ2n) is 6.97. The number of rotatable bonds is 2. The number of alkyl halides is 3. The first-order valence-electron chi connectivity index (χ1n) is 8.96. The summed E-state index contributed by atoms with van der Waals surface area (Å²) in [6, 6.07) is 2.45. The van der Waals surface area contributed by atoms with Crippen LogP contribution in [0.1, 0.15) is 5.56 Å². The molecule has 9 nitrogen and oxygen atoms in total. The third kappa shape index (κ3) is 2.95. The van der Waals surface area contributed by atoms with Crippen LogP contribution in [0.15, 0.2) is 24.8 Å². The minimum absolute atomic E-state index is 0.0334. The third-order valence-electron chi connectivity index (χ3n) is 5.13. The van der Waals surface area contributed by atoms with E-state index in [2.05, 4.69) is 40.2 Å². The molecule has 150 valence electrons. The molecule has 4 aromatic rings. The van der Waals surface area contributed by atoms with Crippen LogP contribution in [0, 0.1) is 0 Å². The van der Waals surface area contributed by atoms with Gasteiger partial charge in [-0.1, -0.05) is 0 Å². The number of anilines is 1. The fourth-order valence-corrected chi connectivity index (χ4v) is 3.58. The van der Waals surface area contributed by atoms with Crippen LogP contribution in [-0.4, -0.2) is 72.9 Å². The number of halogens is 3. The van der Waals surface area contributed by atoms with Crippen LogP contribution in [0.2, 0.25) is 0 Å². The molecule has 12 heteroatoms. The Morgan fingerprint density at radius 2 is 1.90 bits per heavy atom. The second kappa shape index (κ2) is 6.37. The molecule has 4 heterocycles. The molecule has 1 saturated heterocycles. The minimum Gasteiger partial charge on any atom is -0.351 e. The van der Waals surface area contributed by atoms with E-state index in [1.54, 1.807) is 4.40 Å². The number of likely N-dealkylation sites (N-methyl/N-ethyl adjacent to an activating group) is 1. The van der Waals surface area contributed by atoms with E-state index in [0.29, 0.717) is 17.0 Å². The zero-order valence-corrected chi connectivity index (χ0v) is 15.3. The first kappa shape index (κ1) is 17.8. The van der Waals surface area contributed by atoms with Crippen molar-refractivity contribution in [2.75, 3.05) is 38.1 Å². The van der Waals surface area contributed by atoms with Gasteiger partial charge in [-0.15, -0.1) is 10.2 Å². The van der Waals surface area contributed by atoms with Crippen LogP contribution >= 0.6 is 0 Å². The molecule has 1 aliphatic rings. The molecule has 0 aliphatic carbocycles. The minimum atomic E-state index is -4.58. The number of nitrogens with zero attached hydrogens (tertiary/aromatic N) is 8. The number of benzene rings is 1. The highest BCUT2D eigenvalue weighted by molar-refractivity contribution is 5.87. The molecule has 1 fully saturated rings. The summed E-state index contributed by atoms with van der Waals surface area (Å²) >= 11 is 0. The van der Waals surface area contributed by atoms with Crippen molar-refractivity contribution >= 4 is 22.5 Å². The van der Waals surface area contributed by atoms with E-state index < -0.39 is 11.7 Å². The monoisotopic (exact) mass is 403 g/mol. The Morgan fingerprint density at radius 3 is 2.59 bits per heavy atom. The number of hydrogen-bond acceptors (Lipinski definition) is 7. The molecule has 0 atom stereocenters. The Bertz CT molecular complexity index is 1170. The Kier molecular flexibility index (Phi) is 3.91.